The van der Waals surface area contributed by atoms with Gasteiger partial charge in [-0.2, -0.15) is 0 Å². The van der Waals surface area contributed by atoms with E-state index in [9.17, 15) is 8.78 Å². The first-order chi connectivity index (χ1) is 8.58. The molecule has 1 heterocycles. The molecule has 1 aliphatic heterocycles. The van der Waals surface area contributed by atoms with Gasteiger partial charge in [0.15, 0.2) is 0 Å². The summed E-state index contributed by atoms with van der Waals surface area (Å²) < 4.78 is 32.5. The van der Waals surface area contributed by atoms with Gasteiger partial charge in [0.2, 0.25) is 0 Å². The molecule has 1 fully saturated rings. The molecule has 18 heavy (non-hydrogen) atoms. The summed E-state index contributed by atoms with van der Waals surface area (Å²) in [5, 5.41) is 1.98. The molecule has 1 saturated heterocycles. The molecule has 2 rings (SSSR count). The van der Waals surface area contributed by atoms with Crippen molar-refractivity contribution >= 4 is 0 Å². The molecular formula is C13H18F2N2O. The fourth-order valence-electron chi connectivity index (χ4n) is 2.03. The third kappa shape index (κ3) is 3.04. The van der Waals surface area contributed by atoms with Gasteiger partial charge in [-0.1, -0.05) is 0 Å². The van der Waals surface area contributed by atoms with Gasteiger partial charge in [-0.05, 0) is 31.5 Å². The summed E-state index contributed by atoms with van der Waals surface area (Å²) in [6.07, 6.45) is 0. The largest absolute Gasteiger partial charge is 0.379 e. The van der Waals surface area contributed by atoms with Crippen LogP contribution in [0.25, 0.3) is 0 Å². The average Bonchev–Trinajstić information content (AvgIpc) is 2.35. The molecule has 5 heteroatoms. The highest BCUT2D eigenvalue weighted by Crippen LogP contribution is 2.21. The van der Waals surface area contributed by atoms with Crippen molar-refractivity contribution in [2.45, 2.75) is 19.9 Å². The summed E-state index contributed by atoms with van der Waals surface area (Å²) in [4.78, 5) is 0. The van der Waals surface area contributed by atoms with Crippen molar-refractivity contribution in [3.63, 3.8) is 0 Å². The SMILES string of the molecule is Cc1cc(F)c(C(C)NN2CCOCC2)cc1F. The van der Waals surface area contributed by atoms with Crippen molar-refractivity contribution in [1.82, 2.24) is 10.4 Å². The van der Waals surface area contributed by atoms with Crippen molar-refractivity contribution in [2.24, 2.45) is 0 Å². The lowest BCUT2D eigenvalue weighted by molar-refractivity contribution is 0.00457. The van der Waals surface area contributed by atoms with Crippen LogP contribution in [0.2, 0.25) is 0 Å². The van der Waals surface area contributed by atoms with Crippen LogP contribution < -0.4 is 5.43 Å². The van der Waals surface area contributed by atoms with E-state index in [1.54, 1.807) is 6.92 Å². The number of hydrogen-bond acceptors (Lipinski definition) is 3. The number of halogens is 2. The van der Waals surface area contributed by atoms with Crippen molar-refractivity contribution in [3.8, 4) is 0 Å². The maximum atomic E-state index is 13.8. The van der Waals surface area contributed by atoms with Gasteiger partial charge in [0.1, 0.15) is 11.6 Å². The molecular weight excluding hydrogens is 238 g/mol. The molecule has 1 aromatic carbocycles. The van der Waals surface area contributed by atoms with E-state index >= 15 is 0 Å². The van der Waals surface area contributed by atoms with E-state index in [-0.39, 0.29) is 17.7 Å². The van der Waals surface area contributed by atoms with Gasteiger partial charge in [0.25, 0.3) is 0 Å². The molecule has 0 saturated carbocycles. The van der Waals surface area contributed by atoms with Crippen LogP contribution in [0.4, 0.5) is 8.78 Å². The number of morpholine rings is 1. The number of nitrogens with zero attached hydrogens (tertiary/aromatic N) is 1. The molecule has 1 aromatic rings. The highest BCUT2D eigenvalue weighted by molar-refractivity contribution is 5.27. The van der Waals surface area contributed by atoms with Crippen LogP contribution in [-0.4, -0.2) is 31.3 Å². The van der Waals surface area contributed by atoms with E-state index in [0.717, 1.165) is 13.1 Å². The molecule has 100 valence electrons. The second-order valence-corrected chi connectivity index (χ2v) is 4.57. The zero-order valence-electron chi connectivity index (χ0n) is 10.7. The number of rotatable bonds is 3. The van der Waals surface area contributed by atoms with Gasteiger partial charge < -0.3 is 4.74 Å². The fourth-order valence-corrected chi connectivity index (χ4v) is 2.03. The molecule has 1 N–H and O–H groups in total. The summed E-state index contributed by atoms with van der Waals surface area (Å²) in [5.41, 5.74) is 3.85. The molecule has 0 amide bonds. The molecule has 1 unspecified atom stereocenters. The Kier molecular flexibility index (Phi) is 4.27. The summed E-state index contributed by atoms with van der Waals surface area (Å²) >= 11 is 0. The monoisotopic (exact) mass is 256 g/mol. The first kappa shape index (κ1) is 13.4. The molecule has 0 bridgehead atoms. The van der Waals surface area contributed by atoms with Crippen molar-refractivity contribution in [3.05, 3.63) is 34.9 Å². The Hall–Kier alpha value is -1.04. The first-order valence-electron chi connectivity index (χ1n) is 6.12. The molecule has 3 nitrogen and oxygen atoms in total. The van der Waals surface area contributed by atoms with Crippen molar-refractivity contribution < 1.29 is 13.5 Å². The molecule has 1 aliphatic rings. The van der Waals surface area contributed by atoms with Crippen LogP contribution in [0.1, 0.15) is 24.1 Å². The number of hydrazine groups is 1. The molecule has 0 aliphatic carbocycles. The predicted molar refractivity (Wildman–Crippen MR) is 65.0 cm³/mol. The Bertz CT molecular complexity index is 420. The lowest BCUT2D eigenvalue weighted by Crippen LogP contribution is -2.46. The van der Waals surface area contributed by atoms with E-state index in [0.29, 0.717) is 24.3 Å². The van der Waals surface area contributed by atoms with Crippen molar-refractivity contribution in [1.29, 1.82) is 0 Å². The summed E-state index contributed by atoms with van der Waals surface area (Å²) in [6, 6.07) is 2.24. The van der Waals surface area contributed by atoms with Gasteiger partial charge in [-0.3, -0.25) is 0 Å². The predicted octanol–water partition coefficient (Wildman–Crippen LogP) is 2.17. The second kappa shape index (κ2) is 5.73. The Morgan fingerprint density at radius 3 is 2.56 bits per heavy atom. The number of aryl methyl sites for hydroxylation is 1. The third-order valence-electron chi connectivity index (χ3n) is 3.13. The summed E-state index contributed by atoms with van der Waals surface area (Å²) in [7, 11) is 0. The standard InChI is InChI=1S/C13H18F2N2O/c1-9-7-13(15)11(8-12(9)14)10(2)16-17-3-5-18-6-4-17/h7-8,10,16H,3-6H2,1-2H3. The minimum absolute atomic E-state index is 0.266. The topological polar surface area (TPSA) is 24.5 Å². The highest BCUT2D eigenvalue weighted by atomic mass is 19.1. The van der Waals surface area contributed by atoms with E-state index in [4.69, 9.17) is 4.74 Å². The van der Waals surface area contributed by atoms with Gasteiger partial charge in [0, 0.05) is 24.7 Å². The van der Waals surface area contributed by atoms with Gasteiger partial charge in [0.05, 0.1) is 13.2 Å². The van der Waals surface area contributed by atoms with E-state index in [1.165, 1.54) is 12.1 Å². The lowest BCUT2D eigenvalue weighted by Gasteiger charge is -2.30. The maximum absolute atomic E-state index is 13.8. The molecule has 0 aromatic heterocycles. The van der Waals surface area contributed by atoms with Crippen LogP contribution in [0.3, 0.4) is 0 Å². The maximum Gasteiger partial charge on any atom is 0.128 e. The van der Waals surface area contributed by atoms with Gasteiger partial charge in [-0.15, -0.1) is 0 Å². The van der Waals surface area contributed by atoms with Crippen LogP contribution in [0, 0.1) is 18.6 Å². The number of benzene rings is 1. The summed E-state index contributed by atoms with van der Waals surface area (Å²) in [6.45, 7) is 6.19. The zero-order chi connectivity index (χ0) is 13.1. The van der Waals surface area contributed by atoms with Crippen LogP contribution in [0.5, 0.6) is 0 Å². The second-order valence-electron chi connectivity index (χ2n) is 4.57. The molecule has 1 atom stereocenters. The Balaban J connectivity index is 2.08. The minimum Gasteiger partial charge on any atom is -0.379 e. The third-order valence-corrected chi connectivity index (χ3v) is 3.13. The number of ether oxygens (including phenoxy) is 1. The van der Waals surface area contributed by atoms with Gasteiger partial charge in [-0.25, -0.2) is 19.2 Å². The Morgan fingerprint density at radius 1 is 1.22 bits per heavy atom. The van der Waals surface area contributed by atoms with Crippen LogP contribution in [0.15, 0.2) is 12.1 Å². The number of nitrogens with one attached hydrogen (secondary N) is 1. The normalized spacial score (nSPS) is 18.9. The van der Waals surface area contributed by atoms with E-state index in [1.807, 2.05) is 11.9 Å². The zero-order valence-corrected chi connectivity index (χ0v) is 10.7. The van der Waals surface area contributed by atoms with Crippen LogP contribution >= 0.6 is 0 Å². The lowest BCUT2D eigenvalue weighted by atomic mass is 10.1. The van der Waals surface area contributed by atoms with E-state index < -0.39 is 0 Å². The number of hydrogen-bond donors (Lipinski definition) is 1. The average molecular weight is 256 g/mol. The summed E-state index contributed by atoms with van der Waals surface area (Å²) in [5.74, 6) is -0.746. The minimum atomic E-state index is -0.373. The van der Waals surface area contributed by atoms with Gasteiger partial charge >= 0.3 is 0 Å². The highest BCUT2D eigenvalue weighted by Gasteiger charge is 2.17. The smallest absolute Gasteiger partial charge is 0.128 e. The molecule has 0 radical (unpaired) electrons. The quantitative estimate of drug-likeness (QED) is 0.897. The van der Waals surface area contributed by atoms with Crippen LogP contribution in [-0.2, 0) is 4.74 Å². The Labute approximate surface area is 106 Å². The molecule has 0 spiro atoms. The van der Waals surface area contributed by atoms with E-state index in [2.05, 4.69) is 5.43 Å². The fraction of sp³-hybridized carbons (Fsp3) is 0.538. The van der Waals surface area contributed by atoms with Crippen molar-refractivity contribution in [2.75, 3.05) is 26.3 Å². The first-order valence-corrected chi connectivity index (χ1v) is 6.12. The Morgan fingerprint density at radius 2 is 1.89 bits per heavy atom.